The van der Waals surface area contributed by atoms with Crippen LogP contribution in [-0.2, 0) is 14.8 Å². The zero-order valence-corrected chi connectivity index (χ0v) is 17.9. The minimum atomic E-state index is -3.99. The van der Waals surface area contributed by atoms with E-state index < -0.39 is 22.5 Å². The maximum atomic E-state index is 13.3. The lowest BCUT2D eigenvalue weighted by Crippen LogP contribution is -2.40. The van der Waals surface area contributed by atoms with E-state index in [9.17, 15) is 17.6 Å². The predicted octanol–water partition coefficient (Wildman–Crippen LogP) is 3.79. The van der Waals surface area contributed by atoms with Gasteiger partial charge in [-0.2, -0.15) is 5.10 Å². The van der Waals surface area contributed by atoms with Gasteiger partial charge in [-0.05, 0) is 55.3 Å². The normalized spacial score (nSPS) is 11.5. The van der Waals surface area contributed by atoms with Crippen molar-refractivity contribution in [2.24, 2.45) is 5.10 Å². The third kappa shape index (κ3) is 5.55. The lowest BCUT2D eigenvalue weighted by molar-refractivity contribution is -0.119. The van der Waals surface area contributed by atoms with Crippen molar-refractivity contribution in [3.63, 3.8) is 0 Å². The van der Waals surface area contributed by atoms with Crippen LogP contribution in [0.5, 0.6) is 0 Å². The number of amides is 1. The van der Waals surface area contributed by atoms with Crippen molar-refractivity contribution in [1.82, 2.24) is 5.43 Å². The molecule has 0 heterocycles. The molecule has 160 valence electrons. The number of rotatable bonds is 7. The second-order valence-electron chi connectivity index (χ2n) is 6.96. The van der Waals surface area contributed by atoms with Crippen molar-refractivity contribution in [1.29, 1.82) is 0 Å². The molecule has 0 saturated heterocycles. The summed E-state index contributed by atoms with van der Waals surface area (Å²) < 4.78 is 40.7. The number of nitrogens with one attached hydrogen (secondary N) is 1. The Bertz CT molecular complexity index is 1190. The first-order chi connectivity index (χ1) is 14.8. The van der Waals surface area contributed by atoms with Crippen LogP contribution in [0.4, 0.5) is 10.1 Å². The Labute approximate surface area is 181 Å². The van der Waals surface area contributed by atoms with E-state index in [0.29, 0.717) is 11.3 Å². The van der Waals surface area contributed by atoms with Crippen molar-refractivity contribution in [3.8, 4) is 0 Å². The van der Waals surface area contributed by atoms with Gasteiger partial charge >= 0.3 is 0 Å². The molecule has 0 spiro atoms. The van der Waals surface area contributed by atoms with Gasteiger partial charge in [0.25, 0.3) is 15.9 Å². The van der Waals surface area contributed by atoms with Gasteiger partial charge in [0.2, 0.25) is 0 Å². The Morgan fingerprint density at radius 3 is 2.35 bits per heavy atom. The van der Waals surface area contributed by atoms with Crippen LogP contribution in [-0.4, -0.2) is 27.1 Å². The maximum Gasteiger partial charge on any atom is 0.264 e. The molecule has 0 aliphatic carbocycles. The fraction of sp³-hybridized carbons (Fsp3) is 0.130. The predicted molar refractivity (Wildman–Crippen MR) is 119 cm³/mol. The van der Waals surface area contributed by atoms with Crippen LogP contribution in [0.1, 0.15) is 16.7 Å². The number of hydrogen-bond acceptors (Lipinski definition) is 4. The summed E-state index contributed by atoms with van der Waals surface area (Å²) in [5, 5.41) is 3.84. The first-order valence-corrected chi connectivity index (χ1v) is 10.9. The molecule has 0 bridgehead atoms. The lowest BCUT2D eigenvalue weighted by atomic mass is 10.1. The Morgan fingerprint density at radius 1 is 1.03 bits per heavy atom. The summed E-state index contributed by atoms with van der Waals surface area (Å²) in [7, 11) is -3.99. The van der Waals surface area contributed by atoms with Gasteiger partial charge in [-0.25, -0.2) is 18.2 Å². The highest BCUT2D eigenvalue weighted by Crippen LogP contribution is 2.27. The van der Waals surface area contributed by atoms with Gasteiger partial charge in [-0.15, -0.1) is 0 Å². The molecule has 0 aromatic heterocycles. The van der Waals surface area contributed by atoms with Gasteiger partial charge in [0.1, 0.15) is 12.4 Å². The van der Waals surface area contributed by atoms with Crippen LogP contribution in [0.25, 0.3) is 0 Å². The number of sulfonamides is 1. The van der Waals surface area contributed by atoms with Crippen molar-refractivity contribution in [2.75, 3.05) is 10.8 Å². The van der Waals surface area contributed by atoms with E-state index in [1.807, 2.05) is 13.0 Å². The molecular formula is C23H22FN3O3S. The summed E-state index contributed by atoms with van der Waals surface area (Å²) in [5.41, 5.74) is 5.03. The van der Waals surface area contributed by atoms with Crippen LogP contribution in [0.3, 0.4) is 0 Å². The van der Waals surface area contributed by atoms with E-state index >= 15 is 0 Å². The fourth-order valence-electron chi connectivity index (χ4n) is 3.00. The average molecular weight is 440 g/mol. The number of aryl methyl sites for hydroxylation is 2. The third-order valence-corrected chi connectivity index (χ3v) is 6.29. The number of hydrogen-bond donors (Lipinski definition) is 1. The van der Waals surface area contributed by atoms with E-state index in [1.54, 1.807) is 37.3 Å². The van der Waals surface area contributed by atoms with E-state index in [0.717, 1.165) is 15.4 Å². The summed E-state index contributed by atoms with van der Waals surface area (Å²) in [5.74, 6) is -0.991. The molecule has 3 aromatic carbocycles. The Morgan fingerprint density at radius 2 is 1.71 bits per heavy atom. The molecule has 0 aliphatic rings. The monoisotopic (exact) mass is 439 g/mol. The van der Waals surface area contributed by atoms with Gasteiger partial charge in [0, 0.05) is 0 Å². The molecule has 3 aromatic rings. The molecule has 3 rings (SSSR count). The molecule has 0 saturated carbocycles. The zero-order valence-electron chi connectivity index (χ0n) is 17.1. The number of hydrazone groups is 1. The Balaban J connectivity index is 1.86. The summed E-state index contributed by atoms with van der Waals surface area (Å²) in [6, 6.07) is 18.8. The van der Waals surface area contributed by atoms with Gasteiger partial charge in [-0.3, -0.25) is 9.10 Å². The molecule has 0 unspecified atom stereocenters. The molecule has 0 radical (unpaired) electrons. The van der Waals surface area contributed by atoms with E-state index in [4.69, 9.17) is 0 Å². The highest BCUT2D eigenvalue weighted by atomic mass is 32.2. The van der Waals surface area contributed by atoms with Crippen molar-refractivity contribution in [3.05, 3.63) is 95.3 Å². The van der Waals surface area contributed by atoms with E-state index in [2.05, 4.69) is 10.5 Å². The number of nitrogens with zero attached hydrogens (tertiary/aromatic N) is 2. The minimum Gasteiger partial charge on any atom is -0.271 e. The Kier molecular flexibility index (Phi) is 6.81. The molecule has 1 N–H and O–H groups in total. The van der Waals surface area contributed by atoms with Crippen molar-refractivity contribution < 1.29 is 17.6 Å². The standard InChI is InChI=1S/C23H22FN3O3S/c1-17-8-13-22(18(2)14-17)27(31(29,30)21-6-4-3-5-7-21)16-23(28)26-25-15-19-9-11-20(24)12-10-19/h3-15H,16H2,1-2H3,(H,26,28)/b25-15-. The van der Waals surface area contributed by atoms with Gasteiger partial charge in [0.15, 0.2) is 0 Å². The number of carbonyl (C=O) groups is 1. The molecule has 6 nitrogen and oxygen atoms in total. The SMILES string of the molecule is Cc1ccc(N(CC(=O)N/N=C\c2ccc(F)cc2)S(=O)(=O)c2ccccc2)c(C)c1. The van der Waals surface area contributed by atoms with E-state index in [1.165, 1.54) is 42.6 Å². The highest BCUT2D eigenvalue weighted by Gasteiger charge is 2.28. The first-order valence-electron chi connectivity index (χ1n) is 9.50. The molecule has 0 atom stereocenters. The summed E-state index contributed by atoms with van der Waals surface area (Å²) in [6.45, 7) is 3.24. The number of benzene rings is 3. The topological polar surface area (TPSA) is 78.8 Å². The lowest BCUT2D eigenvalue weighted by Gasteiger charge is -2.25. The van der Waals surface area contributed by atoms with Crippen LogP contribution in [0.15, 0.2) is 82.8 Å². The van der Waals surface area contributed by atoms with Crippen LogP contribution < -0.4 is 9.73 Å². The maximum absolute atomic E-state index is 13.3. The largest absolute Gasteiger partial charge is 0.271 e. The minimum absolute atomic E-state index is 0.0811. The van der Waals surface area contributed by atoms with Crippen molar-refractivity contribution in [2.45, 2.75) is 18.7 Å². The molecule has 0 aliphatic heterocycles. The van der Waals surface area contributed by atoms with Crippen LogP contribution >= 0.6 is 0 Å². The van der Waals surface area contributed by atoms with Gasteiger partial charge in [0.05, 0.1) is 16.8 Å². The molecule has 8 heteroatoms. The molecule has 0 fully saturated rings. The second kappa shape index (κ2) is 9.53. The van der Waals surface area contributed by atoms with Crippen LogP contribution in [0, 0.1) is 19.7 Å². The zero-order chi connectivity index (χ0) is 22.4. The average Bonchev–Trinajstić information content (AvgIpc) is 2.74. The summed E-state index contributed by atoms with van der Waals surface area (Å²) >= 11 is 0. The Hall–Kier alpha value is -3.52. The number of carbonyl (C=O) groups excluding carboxylic acids is 1. The molecule has 1 amide bonds. The third-order valence-electron chi connectivity index (χ3n) is 4.51. The van der Waals surface area contributed by atoms with Gasteiger partial charge in [-0.1, -0.05) is 48.0 Å². The molecule has 31 heavy (non-hydrogen) atoms. The first kappa shape index (κ1) is 22.2. The van der Waals surface area contributed by atoms with Gasteiger partial charge < -0.3 is 0 Å². The number of anilines is 1. The summed E-state index contributed by atoms with van der Waals surface area (Å²) in [4.78, 5) is 12.6. The molecular weight excluding hydrogens is 417 g/mol. The fourth-order valence-corrected chi connectivity index (χ4v) is 4.50. The van der Waals surface area contributed by atoms with Crippen molar-refractivity contribution >= 4 is 27.8 Å². The second-order valence-corrected chi connectivity index (χ2v) is 8.82. The highest BCUT2D eigenvalue weighted by molar-refractivity contribution is 7.92. The quantitative estimate of drug-likeness (QED) is 0.449. The number of halogens is 1. The smallest absolute Gasteiger partial charge is 0.264 e. The van der Waals surface area contributed by atoms with E-state index in [-0.39, 0.29) is 10.7 Å². The van der Waals surface area contributed by atoms with Crippen LogP contribution in [0.2, 0.25) is 0 Å². The summed E-state index contributed by atoms with van der Waals surface area (Å²) in [6.07, 6.45) is 1.35.